The van der Waals surface area contributed by atoms with Gasteiger partial charge in [-0.05, 0) is 30.3 Å². The Bertz CT molecular complexity index is 601. The fraction of sp³-hybridized carbons (Fsp3) is 0. The molecule has 0 aromatic heterocycles. The molecule has 2 N–H and O–H groups in total. The number of amides is 1. The number of halogens is 2. The van der Waals surface area contributed by atoms with E-state index in [9.17, 15) is 9.90 Å². The van der Waals surface area contributed by atoms with Crippen molar-refractivity contribution in [2.24, 2.45) is 0 Å². The standard InChI is InChI=1S/C13H9BrClNO2/c14-8-5-6-12(17)9(7-8)13(18)16-11-4-2-1-3-10(11)15/h1-7,17H,(H,16,18). The lowest BCUT2D eigenvalue weighted by atomic mass is 10.2. The van der Waals surface area contributed by atoms with Crippen LogP contribution in [0.5, 0.6) is 5.75 Å². The first-order valence-electron chi connectivity index (χ1n) is 5.12. The molecule has 3 nitrogen and oxygen atoms in total. The Morgan fingerprint density at radius 2 is 1.94 bits per heavy atom. The van der Waals surface area contributed by atoms with Crippen LogP contribution in [-0.4, -0.2) is 11.0 Å². The van der Waals surface area contributed by atoms with E-state index >= 15 is 0 Å². The van der Waals surface area contributed by atoms with Crippen LogP contribution in [0, 0.1) is 0 Å². The largest absolute Gasteiger partial charge is 0.507 e. The van der Waals surface area contributed by atoms with E-state index in [2.05, 4.69) is 21.2 Å². The third kappa shape index (κ3) is 2.83. The van der Waals surface area contributed by atoms with E-state index in [1.54, 1.807) is 36.4 Å². The second-order valence-corrected chi connectivity index (χ2v) is 4.92. The van der Waals surface area contributed by atoms with E-state index in [-0.39, 0.29) is 11.3 Å². The first kappa shape index (κ1) is 12.9. The molecular weight excluding hydrogens is 318 g/mol. The average molecular weight is 327 g/mol. The van der Waals surface area contributed by atoms with Crippen molar-refractivity contribution in [2.45, 2.75) is 0 Å². The molecule has 2 aromatic carbocycles. The van der Waals surface area contributed by atoms with E-state index in [0.717, 1.165) is 0 Å². The Hall–Kier alpha value is -1.52. The van der Waals surface area contributed by atoms with Crippen molar-refractivity contribution in [3.63, 3.8) is 0 Å². The van der Waals surface area contributed by atoms with Crippen LogP contribution in [0.3, 0.4) is 0 Å². The molecule has 0 aliphatic rings. The Labute approximate surface area is 118 Å². The zero-order chi connectivity index (χ0) is 13.1. The number of para-hydroxylation sites is 1. The van der Waals surface area contributed by atoms with E-state index in [1.165, 1.54) is 6.07 Å². The van der Waals surface area contributed by atoms with Gasteiger partial charge in [-0.2, -0.15) is 0 Å². The molecule has 0 fully saturated rings. The zero-order valence-electron chi connectivity index (χ0n) is 9.15. The Kier molecular flexibility index (Phi) is 3.89. The summed E-state index contributed by atoms with van der Waals surface area (Å²) in [5.41, 5.74) is 0.688. The predicted octanol–water partition coefficient (Wildman–Crippen LogP) is 4.06. The summed E-state index contributed by atoms with van der Waals surface area (Å²) in [7, 11) is 0. The van der Waals surface area contributed by atoms with Gasteiger partial charge in [-0.3, -0.25) is 4.79 Å². The van der Waals surface area contributed by atoms with Gasteiger partial charge in [0.25, 0.3) is 5.91 Å². The number of rotatable bonds is 2. The van der Waals surface area contributed by atoms with Crippen LogP contribution in [-0.2, 0) is 0 Å². The molecule has 0 heterocycles. The lowest BCUT2D eigenvalue weighted by Crippen LogP contribution is -2.12. The van der Waals surface area contributed by atoms with Crippen molar-refractivity contribution in [1.82, 2.24) is 0 Å². The molecule has 0 saturated carbocycles. The maximum Gasteiger partial charge on any atom is 0.259 e. The van der Waals surface area contributed by atoms with Crippen molar-refractivity contribution in [1.29, 1.82) is 0 Å². The fourth-order valence-electron chi connectivity index (χ4n) is 1.44. The van der Waals surface area contributed by atoms with E-state index in [4.69, 9.17) is 11.6 Å². The van der Waals surface area contributed by atoms with Gasteiger partial charge in [-0.1, -0.05) is 39.7 Å². The van der Waals surface area contributed by atoms with Crippen LogP contribution in [0.4, 0.5) is 5.69 Å². The zero-order valence-corrected chi connectivity index (χ0v) is 11.5. The number of phenolic OH excluding ortho intramolecular Hbond substituents is 1. The highest BCUT2D eigenvalue weighted by Crippen LogP contribution is 2.25. The second-order valence-electron chi connectivity index (χ2n) is 3.60. The third-order valence-corrected chi connectivity index (χ3v) is 3.15. The number of carbonyl (C=O) groups is 1. The summed E-state index contributed by atoms with van der Waals surface area (Å²) < 4.78 is 0.713. The highest BCUT2D eigenvalue weighted by Gasteiger charge is 2.12. The van der Waals surface area contributed by atoms with Gasteiger partial charge in [0, 0.05) is 4.47 Å². The second kappa shape index (κ2) is 5.42. The molecule has 2 rings (SSSR count). The van der Waals surface area contributed by atoms with Crippen molar-refractivity contribution < 1.29 is 9.90 Å². The van der Waals surface area contributed by atoms with Crippen LogP contribution in [0.1, 0.15) is 10.4 Å². The maximum absolute atomic E-state index is 12.0. The van der Waals surface area contributed by atoms with E-state index < -0.39 is 5.91 Å². The van der Waals surface area contributed by atoms with Crippen LogP contribution in [0.15, 0.2) is 46.9 Å². The molecule has 2 aromatic rings. The molecule has 18 heavy (non-hydrogen) atoms. The summed E-state index contributed by atoms with van der Waals surface area (Å²) in [4.78, 5) is 12.0. The molecule has 0 radical (unpaired) electrons. The van der Waals surface area contributed by atoms with Crippen LogP contribution < -0.4 is 5.32 Å². The number of benzene rings is 2. The number of carbonyl (C=O) groups excluding carboxylic acids is 1. The summed E-state index contributed by atoms with van der Waals surface area (Å²) in [5.74, 6) is -0.496. The molecule has 92 valence electrons. The lowest BCUT2D eigenvalue weighted by molar-refractivity contribution is 0.102. The molecule has 0 bridgehead atoms. The minimum absolute atomic E-state index is 0.0808. The molecular formula is C13H9BrClNO2. The minimum atomic E-state index is -0.415. The summed E-state index contributed by atoms with van der Waals surface area (Å²) in [6, 6.07) is 11.6. The predicted molar refractivity (Wildman–Crippen MR) is 75.2 cm³/mol. The van der Waals surface area contributed by atoms with E-state index in [0.29, 0.717) is 15.2 Å². The summed E-state index contributed by atoms with van der Waals surface area (Å²) in [5, 5.41) is 12.7. The van der Waals surface area contributed by atoms with Crippen molar-refractivity contribution in [3.05, 3.63) is 57.5 Å². The Morgan fingerprint density at radius 1 is 1.22 bits per heavy atom. The minimum Gasteiger partial charge on any atom is -0.507 e. The van der Waals surface area contributed by atoms with Gasteiger partial charge in [-0.25, -0.2) is 0 Å². The maximum atomic E-state index is 12.0. The van der Waals surface area contributed by atoms with Gasteiger partial charge in [0.1, 0.15) is 5.75 Å². The molecule has 0 atom stereocenters. The van der Waals surface area contributed by atoms with Gasteiger partial charge in [0.2, 0.25) is 0 Å². The first-order chi connectivity index (χ1) is 8.58. The van der Waals surface area contributed by atoms with Gasteiger partial charge in [0.15, 0.2) is 0 Å². The SMILES string of the molecule is O=C(Nc1ccccc1Cl)c1cc(Br)ccc1O. The average Bonchev–Trinajstić information content (AvgIpc) is 2.35. The molecule has 0 spiro atoms. The number of anilines is 1. The first-order valence-corrected chi connectivity index (χ1v) is 6.29. The van der Waals surface area contributed by atoms with Gasteiger partial charge >= 0.3 is 0 Å². The molecule has 0 aliphatic heterocycles. The number of aromatic hydroxyl groups is 1. The summed E-state index contributed by atoms with van der Waals surface area (Å²) in [6.07, 6.45) is 0. The Morgan fingerprint density at radius 3 is 2.67 bits per heavy atom. The van der Waals surface area contributed by atoms with Crippen molar-refractivity contribution in [2.75, 3.05) is 5.32 Å². The smallest absolute Gasteiger partial charge is 0.259 e. The molecule has 5 heteroatoms. The summed E-state index contributed by atoms with van der Waals surface area (Å²) >= 11 is 9.19. The van der Waals surface area contributed by atoms with Crippen LogP contribution in [0.2, 0.25) is 5.02 Å². The normalized spacial score (nSPS) is 10.1. The number of hydrogen-bond acceptors (Lipinski definition) is 2. The molecule has 0 saturated heterocycles. The van der Waals surface area contributed by atoms with Gasteiger partial charge < -0.3 is 10.4 Å². The molecule has 0 unspecified atom stereocenters. The van der Waals surface area contributed by atoms with Crippen molar-refractivity contribution >= 4 is 39.1 Å². The topological polar surface area (TPSA) is 49.3 Å². The fourth-order valence-corrected chi connectivity index (χ4v) is 1.99. The number of hydrogen-bond donors (Lipinski definition) is 2. The van der Waals surface area contributed by atoms with Gasteiger partial charge in [-0.15, -0.1) is 0 Å². The number of phenols is 1. The number of nitrogens with one attached hydrogen (secondary N) is 1. The third-order valence-electron chi connectivity index (χ3n) is 2.33. The summed E-state index contributed by atoms with van der Waals surface area (Å²) in [6.45, 7) is 0. The van der Waals surface area contributed by atoms with Gasteiger partial charge in [0.05, 0.1) is 16.3 Å². The lowest BCUT2D eigenvalue weighted by Gasteiger charge is -2.08. The Balaban J connectivity index is 2.28. The quantitative estimate of drug-likeness (QED) is 0.874. The highest BCUT2D eigenvalue weighted by molar-refractivity contribution is 9.10. The molecule has 0 aliphatic carbocycles. The monoisotopic (exact) mass is 325 g/mol. The van der Waals surface area contributed by atoms with Crippen LogP contribution >= 0.6 is 27.5 Å². The highest BCUT2D eigenvalue weighted by atomic mass is 79.9. The molecule has 1 amide bonds. The van der Waals surface area contributed by atoms with Crippen LogP contribution in [0.25, 0.3) is 0 Å². The van der Waals surface area contributed by atoms with Crippen molar-refractivity contribution in [3.8, 4) is 5.75 Å². The van der Waals surface area contributed by atoms with E-state index in [1.807, 2.05) is 0 Å².